The van der Waals surface area contributed by atoms with Crippen molar-refractivity contribution in [1.29, 1.82) is 0 Å². The van der Waals surface area contributed by atoms with E-state index in [1.54, 1.807) is 0 Å². The van der Waals surface area contributed by atoms with E-state index in [4.69, 9.17) is 10.5 Å². The molecule has 7 N–H and O–H groups in total. The van der Waals surface area contributed by atoms with Crippen LogP contribution < -0.4 is 53.6 Å². The molecule has 0 saturated carbocycles. The highest BCUT2D eigenvalue weighted by atomic mass is 16.5. The zero-order valence-electron chi connectivity index (χ0n) is 21.9. The summed E-state index contributed by atoms with van der Waals surface area (Å²) in [4.78, 5) is 90.3. The molecule has 0 radical (unpaired) electrons. The summed E-state index contributed by atoms with van der Waals surface area (Å²) in [7, 11) is 1.10. The normalized spacial score (nSPS) is 17.2. The first-order valence-electron chi connectivity index (χ1n) is 12.5. The molecule has 0 bridgehead atoms. The van der Waals surface area contributed by atoms with Gasteiger partial charge in [0.2, 0.25) is 16.3 Å². The summed E-state index contributed by atoms with van der Waals surface area (Å²) in [5.41, 5.74) is -0.311. The summed E-state index contributed by atoms with van der Waals surface area (Å²) in [5.74, 6) is -5.26. The number of rotatable bonds is 3. The molecule has 1 aromatic carbocycles. The van der Waals surface area contributed by atoms with Gasteiger partial charge < -0.3 is 30.8 Å². The van der Waals surface area contributed by atoms with Crippen molar-refractivity contribution in [2.75, 3.05) is 7.11 Å². The minimum atomic E-state index is -2.03. The summed E-state index contributed by atoms with van der Waals surface area (Å²) in [6.45, 7) is 0. The number of hydrazone groups is 1. The summed E-state index contributed by atoms with van der Waals surface area (Å²) in [5, 5.41) is 34.9. The first-order valence-corrected chi connectivity index (χ1v) is 12.5. The zero-order valence-corrected chi connectivity index (χ0v) is 21.9. The second kappa shape index (κ2) is 8.94. The monoisotopic (exact) mass is 586 g/mol. The molecule has 2 amide bonds. The van der Waals surface area contributed by atoms with Crippen LogP contribution >= 0.6 is 0 Å². The number of benzene rings is 1. The van der Waals surface area contributed by atoms with Crippen molar-refractivity contribution in [1.82, 2.24) is 10.4 Å². The first-order chi connectivity index (χ1) is 20.3. The number of aromatic nitrogens is 1. The van der Waals surface area contributed by atoms with Gasteiger partial charge in [0.05, 0.1) is 45.3 Å². The predicted octanol–water partition coefficient (Wildman–Crippen LogP) is -3.55. The Morgan fingerprint density at radius 2 is 1.63 bits per heavy atom. The van der Waals surface area contributed by atoms with Crippen molar-refractivity contribution in [2.45, 2.75) is 18.3 Å². The maximum absolute atomic E-state index is 13.6. The van der Waals surface area contributed by atoms with E-state index in [2.05, 4.69) is 10.1 Å². The quantitative estimate of drug-likeness (QED) is 0.0778. The van der Waals surface area contributed by atoms with Gasteiger partial charge in [0.25, 0.3) is 5.56 Å². The van der Waals surface area contributed by atoms with Crippen molar-refractivity contribution in [3.63, 3.8) is 0 Å². The third kappa shape index (κ3) is 3.41. The fourth-order valence-electron chi connectivity index (χ4n) is 6.05. The summed E-state index contributed by atoms with van der Waals surface area (Å²) in [6.07, 6.45) is 0.943. The second-order valence-electron chi connectivity index (χ2n) is 10.0. The van der Waals surface area contributed by atoms with Crippen LogP contribution in [0, 0.1) is 10.4 Å². The van der Waals surface area contributed by atoms with Crippen LogP contribution in [0.4, 0.5) is 0 Å². The fraction of sp³-hybridized carbons (Fsp3) is 0.143. The van der Waals surface area contributed by atoms with Crippen molar-refractivity contribution < 1.29 is 29.6 Å². The predicted molar refractivity (Wildman–Crippen MR) is 148 cm³/mol. The topological polar surface area (TPSA) is 256 Å². The lowest BCUT2D eigenvalue weighted by molar-refractivity contribution is -0.137. The van der Waals surface area contributed by atoms with E-state index >= 15 is 0 Å². The van der Waals surface area contributed by atoms with Crippen molar-refractivity contribution in [3.8, 4) is 11.5 Å². The molecular weight excluding hydrogens is 568 g/mol. The highest BCUT2D eigenvalue weighted by Gasteiger charge is 2.53. The smallest absolute Gasteiger partial charge is 0.329 e. The van der Waals surface area contributed by atoms with Gasteiger partial charge in [0.15, 0.2) is 11.2 Å². The van der Waals surface area contributed by atoms with Gasteiger partial charge in [-0.1, -0.05) is 6.07 Å². The van der Waals surface area contributed by atoms with Gasteiger partial charge >= 0.3 is 11.8 Å². The molecule has 1 unspecified atom stereocenters. The van der Waals surface area contributed by atoms with E-state index in [0.29, 0.717) is 5.56 Å². The number of aliphatic hydroxyl groups is 2. The summed E-state index contributed by atoms with van der Waals surface area (Å²) in [6, 6.07) is 3.62. The standard InChI is InChI=1S/C28H18N4O11/c1-43-12-6-11(33)14-15(19(12)34)21(36)17-16(20(14)35)23(38)28(24(17)39)3-2-8-4-9-5-10(7-30-32-27(42)25(29)40)31-26(41)13(9)22(37)18(8)28/h4-7,37-39H,2-3H2,1H3,(H2,29,40)(H,31,41)(H,32,42)/b30-7+. The number of ether oxygens (including phenoxy) is 1. The number of nitrogens with zero attached hydrogens (tertiary/aromatic N) is 1. The number of primary amides is 1. The average molecular weight is 586 g/mol. The molecule has 15 heteroatoms. The molecule has 1 spiro atoms. The van der Waals surface area contributed by atoms with Gasteiger partial charge in [-0.05, 0) is 29.9 Å². The molecule has 1 heterocycles. The average Bonchev–Trinajstić information content (AvgIpc) is 3.44. The molecule has 1 aromatic heterocycles. The van der Waals surface area contributed by atoms with Gasteiger partial charge in [-0.3, -0.25) is 33.6 Å². The third-order valence-electron chi connectivity index (χ3n) is 7.87. The molecule has 2 aromatic rings. The minimum absolute atomic E-state index is 0.0577. The number of amides is 2. The van der Waals surface area contributed by atoms with E-state index in [1.807, 2.05) is 5.43 Å². The largest absolute Gasteiger partial charge is 0.510 e. The van der Waals surface area contributed by atoms with Gasteiger partial charge in [-0.2, -0.15) is 5.10 Å². The van der Waals surface area contributed by atoms with Crippen molar-refractivity contribution in [2.24, 2.45) is 10.8 Å². The minimum Gasteiger partial charge on any atom is -0.510 e. The number of phenolic OH excluding ortho intramolecular Hbond substituents is 1. The molecule has 0 saturated heterocycles. The third-order valence-corrected chi connectivity index (χ3v) is 7.87. The van der Waals surface area contributed by atoms with Crippen LogP contribution in [0.15, 0.2) is 47.3 Å². The van der Waals surface area contributed by atoms with Gasteiger partial charge in [-0.25, -0.2) is 5.43 Å². The van der Waals surface area contributed by atoms with E-state index < -0.39 is 88.4 Å². The Kier molecular flexibility index (Phi) is 5.63. The Morgan fingerprint density at radius 1 is 0.977 bits per heavy atom. The van der Waals surface area contributed by atoms with E-state index in [0.717, 1.165) is 19.4 Å². The number of carbonyl (C=O) groups excluding carboxylic acids is 2. The Hall–Kier alpha value is -6.12. The Bertz CT molecular complexity index is 2510. The SMILES string of the molecule is COc1cc(=O)c2c(=O)c3c(c(=O)c=2c1=O)=C(O)C1(CCc2cc4cc(/C=N/NC(=O)C(N)=O)[nH]c(=O)c4c(O)c21)C=3O. The number of hydrogen-bond acceptors (Lipinski definition) is 12. The lowest BCUT2D eigenvalue weighted by Gasteiger charge is -2.27. The van der Waals surface area contributed by atoms with Gasteiger partial charge in [0, 0.05) is 11.6 Å². The molecule has 1 atom stereocenters. The maximum Gasteiger partial charge on any atom is 0.329 e. The zero-order chi connectivity index (χ0) is 31.1. The number of phenols is 1. The first kappa shape index (κ1) is 27.1. The van der Waals surface area contributed by atoms with E-state index in [9.17, 15) is 48.9 Å². The van der Waals surface area contributed by atoms with Crippen LogP contribution in [-0.4, -0.2) is 45.4 Å². The Labute approximate surface area is 235 Å². The lowest BCUT2D eigenvalue weighted by atomic mass is 9.78. The molecule has 43 heavy (non-hydrogen) atoms. The second-order valence-corrected chi connectivity index (χ2v) is 10.0. The molecule has 6 rings (SSSR count). The molecule has 4 aliphatic carbocycles. The lowest BCUT2D eigenvalue weighted by Crippen LogP contribution is -2.51. The van der Waals surface area contributed by atoms with Gasteiger partial charge in [0.1, 0.15) is 22.7 Å². The molecule has 4 aliphatic rings. The number of pyridine rings is 1. The van der Waals surface area contributed by atoms with E-state index in [1.165, 1.54) is 12.1 Å². The number of methoxy groups -OCH3 is 1. The molecule has 216 valence electrons. The molecule has 0 aliphatic heterocycles. The highest BCUT2D eigenvalue weighted by molar-refractivity contribution is 6.34. The number of nitrogens with one attached hydrogen (secondary N) is 2. The number of nitrogens with two attached hydrogens (primary N) is 1. The summed E-state index contributed by atoms with van der Waals surface area (Å²) >= 11 is 0. The van der Waals surface area contributed by atoms with E-state index in [-0.39, 0.29) is 34.9 Å². The molecule has 0 fully saturated rings. The number of hydrogen-bond donors (Lipinski definition) is 6. The number of aromatic hydroxyl groups is 1. The number of aryl methyl sites for hydroxylation is 1. The molecular formula is C28H18N4O11. The highest BCUT2D eigenvalue weighted by Crippen LogP contribution is 2.54. The Morgan fingerprint density at radius 3 is 2.26 bits per heavy atom. The maximum atomic E-state index is 13.6. The Balaban J connectivity index is 1.64. The number of aromatic amines is 1. The van der Waals surface area contributed by atoms with Crippen LogP contribution in [0.3, 0.4) is 0 Å². The van der Waals surface area contributed by atoms with Crippen LogP contribution in [0.5, 0.6) is 11.5 Å². The number of carbonyl (C=O) groups is 2. The van der Waals surface area contributed by atoms with Crippen molar-refractivity contribution in [3.05, 3.63) is 107 Å². The van der Waals surface area contributed by atoms with Crippen LogP contribution in [0.25, 0.3) is 22.3 Å². The van der Waals surface area contributed by atoms with Crippen LogP contribution in [0.1, 0.15) is 23.2 Å². The van der Waals surface area contributed by atoms with Crippen molar-refractivity contribution >= 4 is 40.3 Å². The van der Waals surface area contributed by atoms with Gasteiger partial charge in [-0.15, -0.1) is 0 Å². The van der Waals surface area contributed by atoms with Crippen LogP contribution in [0.2, 0.25) is 0 Å². The van der Waals surface area contributed by atoms with Crippen LogP contribution in [-0.2, 0) is 21.4 Å². The fourth-order valence-corrected chi connectivity index (χ4v) is 6.05. The number of fused-ring (bicyclic) bond motifs is 4. The number of aliphatic hydroxyl groups excluding tert-OH is 2. The number of H-pyrrole nitrogens is 1. The summed E-state index contributed by atoms with van der Waals surface area (Å²) < 4.78 is 4.87. The molecule has 15 nitrogen and oxygen atoms in total.